The van der Waals surface area contributed by atoms with Crippen molar-refractivity contribution in [3.8, 4) is 0 Å². The number of rotatable bonds is 7. The van der Waals surface area contributed by atoms with E-state index in [4.69, 9.17) is 5.41 Å². The van der Waals surface area contributed by atoms with E-state index in [9.17, 15) is 0 Å². The zero-order valence-electron chi connectivity index (χ0n) is 17.9. The van der Waals surface area contributed by atoms with Gasteiger partial charge in [0.15, 0.2) is 0 Å². The molecule has 1 fully saturated rings. The van der Waals surface area contributed by atoms with Crippen molar-refractivity contribution in [3.63, 3.8) is 0 Å². The number of hydrogen-bond donors (Lipinski definition) is 3. The molecule has 0 aliphatic carbocycles. The van der Waals surface area contributed by atoms with Crippen LogP contribution in [0, 0.1) is 11.3 Å². The SMILES string of the molecule is C=C(Nc1ccccc1)Nc1cccc(C(=N)N2CCC(Cc3ccccc3)CC2)c1. The fourth-order valence-electron chi connectivity index (χ4n) is 4.14. The van der Waals surface area contributed by atoms with Gasteiger partial charge in [-0.1, -0.05) is 67.2 Å². The molecule has 3 N–H and O–H groups in total. The van der Waals surface area contributed by atoms with Crippen molar-refractivity contribution in [2.75, 3.05) is 23.7 Å². The number of anilines is 2. The molecule has 3 aromatic carbocycles. The minimum Gasteiger partial charge on any atom is -0.357 e. The molecule has 31 heavy (non-hydrogen) atoms. The zero-order valence-corrected chi connectivity index (χ0v) is 17.9. The molecule has 0 aromatic heterocycles. The molecular formula is C27H30N4. The Morgan fingerprint density at radius 3 is 2.16 bits per heavy atom. The highest BCUT2D eigenvalue weighted by Gasteiger charge is 2.22. The smallest absolute Gasteiger partial charge is 0.128 e. The lowest BCUT2D eigenvalue weighted by molar-refractivity contribution is 0.264. The molecule has 158 valence electrons. The molecule has 4 rings (SSSR count). The van der Waals surface area contributed by atoms with Gasteiger partial charge in [-0.3, -0.25) is 5.41 Å². The lowest BCUT2D eigenvalue weighted by atomic mass is 9.90. The van der Waals surface area contributed by atoms with Gasteiger partial charge in [0.2, 0.25) is 0 Å². The molecule has 1 aliphatic rings. The zero-order chi connectivity index (χ0) is 21.5. The molecule has 1 aliphatic heterocycles. The standard InChI is InChI=1S/C27H30N4/c1-21(29-25-12-6-3-7-13-25)30-26-14-8-11-24(20-26)27(28)31-17-15-23(16-18-31)19-22-9-4-2-5-10-22/h2-14,20,23,28-30H,1,15-19H2. The van der Waals surface area contributed by atoms with Crippen LogP contribution >= 0.6 is 0 Å². The number of nitrogens with zero attached hydrogens (tertiary/aromatic N) is 1. The van der Waals surface area contributed by atoms with E-state index in [0.717, 1.165) is 49.3 Å². The summed E-state index contributed by atoms with van der Waals surface area (Å²) in [5.74, 6) is 2.01. The molecular weight excluding hydrogens is 380 g/mol. The van der Waals surface area contributed by atoms with Crippen LogP contribution in [0.1, 0.15) is 24.0 Å². The number of nitrogens with one attached hydrogen (secondary N) is 3. The number of amidine groups is 1. The van der Waals surface area contributed by atoms with Crippen molar-refractivity contribution in [1.82, 2.24) is 4.90 Å². The van der Waals surface area contributed by atoms with Crippen molar-refractivity contribution >= 4 is 17.2 Å². The Balaban J connectivity index is 1.31. The minimum absolute atomic E-state index is 0.600. The largest absolute Gasteiger partial charge is 0.357 e. The van der Waals surface area contributed by atoms with Gasteiger partial charge >= 0.3 is 0 Å². The molecule has 0 spiro atoms. The Bertz CT molecular complexity index is 1010. The lowest BCUT2D eigenvalue weighted by Gasteiger charge is -2.34. The maximum atomic E-state index is 8.73. The Morgan fingerprint density at radius 1 is 0.839 bits per heavy atom. The van der Waals surface area contributed by atoms with Gasteiger partial charge in [0.05, 0.1) is 0 Å². The topological polar surface area (TPSA) is 51.1 Å². The van der Waals surface area contributed by atoms with Gasteiger partial charge in [0, 0.05) is 30.0 Å². The number of benzene rings is 3. The highest BCUT2D eigenvalue weighted by atomic mass is 15.2. The summed E-state index contributed by atoms with van der Waals surface area (Å²) in [6.07, 6.45) is 3.40. The lowest BCUT2D eigenvalue weighted by Crippen LogP contribution is -2.39. The van der Waals surface area contributed by atoms with Crippen LogP contribution in [0.5, 0.6) is 0 Å². The van der Waals surface area contributed by atoms with Crippen molar-refractivity contribution in [3.05, 3.63) is 108 Å². The summed E-state index contributed by atoms with van der Waals surface area (Å²) in [5.41, 5.74) is 4.26. The molecule has 0 amide bonds. The van der Waals surface area contributed by atoms with E-state index in [2.05, 4.69) is 52.4 Å². The molecule has 1 saturated heterocycles. The van der Waals surface area contributed by atoms with Gasteiger partial charge in [0.25, 0.3) is 0 Å². The predicted octanol–water partition coefficient (Wildman–Crippen LogP) is 5.96. The average Bonchev–Trinajstić information content (AvgIpc) is 2.80. The van der Waals surface area contributed by atoms with Crippen molar-refractivity contribution in [2.24, 2.45) is 5.92 Å². The van der Waals surface area contributed by atoms with E-state index in [1.807, 2.05) is 54.6 Å². The van der Waals surface area contributed by atoms with Crippen LogP contribution in [0.4, 0.5) is 11.4 Å². The summed E-state index contributed by atoms with van der Waals surface area (Å²) in [4.78, 5) is 2.21. The Hall–Kier alpha value is -3.53. The van der Waals surface area contributed by atoms with Crippen LogP contribution in [0.2, 0.25) is 0 Å². The fourth-order valence-corrected chi connectivity index (χ4v) is 4.14. The quantitative estimate of drug-likeness (QED) is 0.333. The summed E-state index contributed by atoms with van der Waals surface area (Å²) in [7, 11) is 0. The van der Waals surface area contributed by atoms with Crippen LogP contribution in [0.25, 0.3) is 0 Å². The second-order valence-corrected chi connectivity index (χ2v) is 8.14. The van der Waals surface area contributed by atoms with E-state index >= 15 is 0 Å². The third-order valence-corrected chi connectivity index (χ3v) is 5.80. The molecule has 0 radical (unpaired) electrons. The van der Waals surface area contributed by atoms with Crippen molar-refractivity contribution in [1.29, 1.82) is 5.41 Å². The summed E-state index contributed by atoms with van der Waals surface area (Å²) >= 11 is 0. The van der Waals surface area contributed by atoms with E-state index in [1.54, 1.807) is 0 Å². The summed E-state index contributed by atoms with van der Waals surface area (Å²) in [5, 5.41) is 15.3. The van der Waals surface area contributed by atoms with E-state index in [-0.39, 0.29) is 0 Å². The van der Waals surface area contributed by atoms with E-state index in [0.29, 0.717) is 17.6 Å². The van der Waals surface area contributed by atoms with Crippen LogP contribution in [0.15, 0.2) is 97.3 Å². The Labute approximate surface area is 185 Å². The first-order valence-corrected chi connectivity index (χ1v) is 10.9. The van der Waals surface area contributed by atoms with Gasteiger partial charge in [-0.15, -0.1) is 0 Å². The summed E-state index contributed by atoms with van der Waals surface area (Å²) < 4.78 is 0. The summed E-state index contributed by atoms with van der Waals surface area (Å²) in [6, 6.07) is 28.7. The van der Waals surface area contributed by atoms with Crippen LogP contribution in [-0.2, 0) is 6.42 Å². The maximum Gasteiger partial charge on any atom is 0.128 e. The molecule has 3 aromatic rings. The molecule has 0 saturated carbocycles. The van der Waals surface area contributed by atoms with Crippen LogP contribution < -0.4 is 10.6 Å². The molecule has 1 heterocycles. The first-order valence-electron chi connectivity index (χ1n) is 10.9. The van der Waals surface area contributed by atoms with Gasteiger partial charge in [0.1, 0.15) is 11.7 Å². The predicted molar refractivity (Wildman–Crippen MR) is 131 cm³/mol. The molecule has 0 unspecified atom stereocenters. The van der Waals surface area contributed by atoms with Crippen LogP contribution in [0.3, 0.4) is 0 Å². The second kappa shape index (κ2) is 9.98. The molecule has 0 atom stereocenters. The normalized spacial score (nSPS) is 14.1. The highest BCUT2D eigenvalue weighted by Crippen LogP contribution is 2.23. The fraction of sp³-hybridized carbons (Fsp3) is 0.222. The maximum absolute atomic E-state index is 8.73. The van der Waals surface area contributed by atoms with Gasteiger partial charge in [-0.05, 0) is 55.0 Å². The first-order chi connectivity index (χ1) is 15.2. The number of hydrogen-bond acceptors (Lipinski definition) is 3. The first kappa shape index (κ1) is 20.7. The number of para-hydroxylation sites is 1. The van der Waals surface area contributed by atoms with E-state index < -0.39 is 0 Å². The average molecular weight is 411 g/mol. The van der Waals surface area contributed by atoms with Crippen molar-refractivity contribution < 1.29 is 0 Å². The van der Waals surface area contributed by atoms with Gasteiger partial charge in [-0.25, -0.2) is 0 Å². The minimum atomic E-state index is 0.600. The van der Waals surface area contributed by atoms with Gasteiger partial charge in [-0.2, -0.15) is 0 Å². The molecule has 0 bridgehead atoms. The summed E-state index contributed by atoms with van der Waals surface area (Å²) in [6.45, 7) is 5.95. The molecule has 4 nitrogen and oxygen atoms in total. The highest BCUT2D eigenvalue weighted by molar-refractivity contribution is 5.97. The Morgan fingerprint density at radius 2 is 1.45 bits per heavy atom. The van der Waals surface area contributed by atoms with E-state index in [1.165, 1.54) is 5.56 Å². The monoisotopic (exact) mass is 410 g/mol. The Kier molecular flexibility index (Phi) is 6.68. The second-order valence-electron chi connectivity index (χ2n) is 8.14. The third kappa shape index (κ3) is 5.76. The van der Waals surface area contributed by atoms with Gasteiger partial charge < -0.3 is 15.5 Å². The number of likely N-dealkylation sites (tertiary alicyclic amines) is 1. The number of piperidine rings is 1. The van der Waals surface area contributed by atoms with Crippen LogP contribution in [-0.4, -0.2) is 23.8 Å². The van der Waals surface area contributed by atoms with Crippen molar-refractivity contribution in [2.45, 2.75) is 19.3 Å². The third-order valence-electron chi connectivity index (χ3n) is 5.80. The molecule has 4 heteroatoms.